The van der Waals surface area contributed by atoms with Gasteiger partial charge in [0.15, 0.2) is 0 Å². The first-order valence-electron chi connectivity index (χ1n) is 9.24. The van der Waals surface area contributed by atoms with Gasteiger partial charge < -0.3 is 15.3 Å². The Labute approximate surface area is 153 Å². The van der Waals surface area contributed by atoms with Crippen LogP contribution >= 0.6 is 0 Å². The van der Waals surface area contributed by atoms with Gasteiger partial charge in [0, 0.05) is 18.5 Å². The molecule has 0 spiro atoms. The largest absolute Gasteiger partial charge is 0.394 e. The molecule has 3 aromatic rings. The fraction of sp³-hybridized carbons (Fsp3) is 0.333. The Kier molecular flexibility index (Phi) is 4.71. The van der Waals surface area contributed by atoms with E-state index in [0.29, 0.717) is 0 Å². The molecule has 2 N–H and O–H groups in total. The van der Waals surface area contributed by atoms with Gasteiger partial charge in [-0.05, 0) is 36.1 Å². The van der Waals surface area contributed by atoms with E-state index in [4.69, 9.17) is 9.97 Å². The van der Waals surface area contributed by atoms with E-state index in [2.05, 4.69) is 41.4 Å². The summed E-state index contributed by atoms with van der Waals surface area (Å²) in [7, 11) is 0. The summed E-state index contributed by atoms with van der Waals surface area (Å²) in [6, 6.07) is 16.6. The molecule has 0 radical (unpaired) electrons. The molecule has 2 aromatic carbocycles. The second kappa shape index (κ2) is 7.30. The molecular formula is C21H24N4O. The van der Waals surface area contributed by atoms with Crippen LogP contribution in [0.4, 0.5) is 11.8 Å². The minimum absolute atomic E-state index is 0.0109. The summed E-state index contributed by atoms with van der Waals surface area (Å²) in [6.07, 6.45) is 1.84. The van der Waals surface area contributed by atoms with E-state index in [1.807, 2.05) is 24.3 Å². The molecule has 1 aromatic heterocycles. The molecule has 4 rings (SSSR count). The highest BCUT2D eigenvalue weighted by Gasteiger charge is 2.20. The number of aromatic nitrogens is 2. The third-order valence-electron chi connectivity index (χ3n) is 5.06. The molecule has 134 valence electrons. The molecule has 0 saturated carbocycles. The molecule has 1 unspecified atom stereocenters. The lowest BCUT2D eigenvalue weighted by molar-refractivity contribution is 0.271. The minimum Gasteiger partial charge on any atom is -0.394 e. The third kappa shape index (κ3) is 3.22. The lowest BCUT2D eigenvalue weighted by atomic mass is 10.0. The van der Waals surface area contributed by atoms with Crippen LogP contribution in [0.1, 0.15) is 24.5 Å². The predicted octanol–water partition coefficient (Wildman–Crippen LogP) is 3.38. The molecular weight excluding hydrogens is 324 g/mol. The van der Waals surface area contributed by atoms with Crippen molar-refractivity contribution >= 4 is 22.7 Å². The van der Waals surface area contributed by atoms with Gasteiger partial charge in [0.2, 0.25) is 5.95 Å². The molecule has 26 heavy (non-hydrogen) atoms. The van der Waals surface area contributed by atoms with Crippen molar-refractivity contribution in [3.8, 4) is 0 Å². The average Bonchev–Trinajstić information content (AvgIpc) is 2.71. The first kappa shape index (κ1) is 16.8. The summed E-state index contributed by atoms with van der Waals surface area (Å²) in [5.74, 6) is 1.54. The predicted molar refractivity (Wildman–Crippen MR) is 106 cm³/mol. The molecule has 5 nitrogen and oxygen atoms in total. The van der Waals surface area contributed by atoms with Gasteiger partial charge in [0.05, 0.1) is 18.2 Å². The number of anilines is 2. The number of aliphatic hydroxyl groups excluding tert-OH is 1. The van der Waals surface area contributed by atoms with Crippen molar-refractivity contribution in [2.75, 3.05) is 23.4 Å². The number of fused-ring (bicyclic) bond motifs is 2. The van der Waals surface area contributed by atoms with Gasteiger partial charge in [-0.15, -0.1) is 0 Å². The van der Waals surface area contributed by atoms with Gasteiger partial charge in [-0.25, -0.2) is 4.98 Å². The second-order valence-electron chi connectivity index (χ2n) is 6.76. The van der Waals surface area contributed by atoms with Crippen molar-refractivity contribution in [3.05, 3.63) is 59.7 Å². The first-order chi connectivity index (χ1) is 12.8. The number of para-hydroxylation sites is 1. The molecule has 0 saturated heterocycles. The zero-order valence-electron chi connectivity index (χ0n) is 15.0. The van der Waals surface area contributed by atoms with E-state index in [1.54, 1.807) is 0 Å². The van der Waals surface area contributed by atoms with Crippen molar-refractivity contribution in [3.63, 3.8) is 0 Å². The van der Waals surface area contributed by atoms with Gasteiger partial charge in [0.25, 0.3) is 0 Å². The van der Waals surface area contributed by atoms with Crippen molar-refractivity contribution in [1.29, 1.82) is 0 Å². The molecule has 0 amide bonds. The number of hydrogen-bond donors (Lipinski definition) is 2. The monoisotopic (exact) mass is 348 g/mol. The fourth-order valence-corrected chi connectivity index (χ4v) is 3.45. The van der Waals surface area contributed by atoms with E-state index in [0.717, 1.165) is 48.6 Å². The smallest absolute Gasteiger partial charge is 0.228 e. The van der Waals surface area contributed by atoms with Crippen molar-refractivity contribution in [1.82, 2.24) is 9.97 Å². The number of aliphatic hydroxyl groups is 1. The van der Waals surface area contributed by atoms with Crippen LogP contribution in [-0.2, 0) is 13.0 Å². The molecule has 1 aliphatic rings. The summed E-state index contributed by atoms with van der Waals surface area (Å²) < 4.78 is 0. The van der Waals surface area contributed by atoms with Gasteiger partial charge in [-0.2, -0.15) is 4.98 Å². The minimum atomic E-state index is -0.0109. The zero-order chi connectivity index (χ0) is 17.9. The number of hydrogen-bond acceptors (Lipinski definition) is 5. The number of nitrogens with one attached hydrogen (secondary N) is 1. The summed E-state index contributed by atoms with van der Waals surface area (Å²) in [6.45, 7) is 3.87. The molecule has 0 aliphatic carbocycles. The zero-order valence-corrected chi connectivity index (χ0v) is 15.0. The highest BCUT2D eigenvalue weighted by Crippen LogP contribution is 2.27. The van der Waals surface area contributed by atoms with Gasteiger partial charge in [0.1, 0.15) is 5.82 Å². The van der Waals surface area contributed by atoms with Gasteiger partial charge in [-0.1, -0.05) is 43.3 Å². The van der Waals surface area contributed by atoms with E-state index in [1.165, 1.54) is 11.1 Å². The molecule has 2 heterocycles. The van der Waals surface area contributed by atoms with Crippen LogP contribution in [0.25, 0.3) is 10.9 Å². The Hall–Kier alpha value is -2.66. The van der Waals surface area contributed by atoms with E-state index >= 15 is 0 Å². The molecule has 5 heteroatoms. The van der Waals surface area contributed by atoms with Crippen LogP contribution in [-0.4, -0.2) is 34.3 Å². The van der Waals surface area contributed by atoms with Crippen LogP contribution in [0.3, 0.4) is 0 Å². The quantitative estimate of drug-likeness (QED) is 0.740. The number of benzene rings is 2. The first-order valence-corrected chi connectivity index (χ1v) is 9.24. The maximum Gasteiger partial charge on any atom is 0.228 e. The Morgan fingerprint density at radius 2 is 1.85 bits per heavy atom. The molecule has 0 bridgehead atoms. The molecule has 0 fully saturated rings. The Morgan fingerprint density at radius 1 is 1.08 bits per heavy atom. The van der Waals surface area contributed by atoms with Gasteiger partial charge in [-0.3, -0.25) is 0 Å². The van der Waals surface area contributed by atoms with Crippen molar-refractivity contribution in [2.45, 2.75) is 32.4 Å². The standard InChI is InChI=1S/C21H24N4O/c1-2-17(14-26)22-20-18-9-5-6-10-19(18)23-21(24-20)25-12-11-15-7-3-4-8-16(15)13-25/h3-10,17,26H,2,11-14H2,1H3,(H,22,23,24). The Bertz CT molecular complexity index is 907. The third-order valence-corrected chi connectivity index (χ3v) is 5.06. The highest BCUT2D eigenvalue weighted by molar-refractivity contribution is 5.90. The summed E-state index contributed by atoms with van der Waals surface area (Å²) in [5, 5.41) is 13.9. The number of nitrogens with zero attached hydrogens (tertiary/aromatic N) is 3. The summed E-state index contributed by atoms with van der Waals surface area (Å²) in [5.41, 5.74) is 3.67. The Balaban J connectivity index is 1.72. The maximum atomic E-state index is 9.57. The molecule has 1 aliphatic heterocycles. The fourth-order valence-electron chi connectivity index (χ4n) is 3.45. The normalized spacial score (nSPS) is 14.9. The number of rotatable bonds is 5. The van der Waals surface area contributed by atoms with Crippen molar-refractivity contribution < 1.29 is 5.11 Å². The SMILES string of the molecule is CCC(CO)Nc1nc(N2CCc3ccccc3C2)nc2ccccc12. The lowest BCUT2D eigenvalue weighted by Gasteiger charge is -2.29. The van der Waals surface area contributed by atoms with E-state index in [9.17, 15) is 5.11 Å². The summed E-state index contributed by atoms with van der Waals surface area (Å²) in [4.78, 5) is 11.9. The van der Waals surface area contributed by atoms with Crippen LogP contribution in [0.5, 0.6) is 0 Å². The van der Waals surface area contributed by atoms with E-state index in [-0.39, 0.29) is 12.6 Å². The van der Waals surface area contributed by atoms with Crippen LogP contribution < -0.4 is 10.2 Å². The Morgan fingerprint density at radius 3 is 2.65 bits per heavy atom. The van der Waals surface area contributed by atoms with Crippen LogP contribution in [0.2, 0.25) is 0 Å². The lowest BCUT2D eigenvalue weighted by Crippen LogP contribution is -2.32. The average molecular weight is 348 g/mol. The maximum absolute atomic E-state index is 9.57. The van der Waals surface area contributed by atoms with Crippen LogP contribution in [0.15, 0.2) is 48.5 Å². The summed E-state index contributed by atoms with van der Waals surface area (Å²) >= 11 is 0. The highest BCUT2D eigenvalue weighted by atomic mass is 16.3. The van der Waals surface area contributed by atoms with Gasteiger partial charge >= 0.3 is 0 Å². The van der Waals surface area contributed by atoms with E-state index < -0.39 is 0 Å². The van der Waals surface area contributed by atoms with Crippen molar-refractivity contribution in [2.24, 2.45) is 0 Å². The van der Waals surface area contributed by atoms with Crippen LogP contribution in [0, 0.1) is 0 Å². The topological polar surface area (TPSA) is 61.3 Å². The second-order valence-corrected chi connectivity index (χ2v) is 6.76. The molecule has 1 atom stereocenters.